The molecular weight excluding hydrogens is 228 g/mol. The molecule has 2 fully saturated rings. The lowest BCUT2D eigenvalue weighted by atomic mass is 10.1. The summed E-state index contributed by atoms with van der Waals surface area (Å²) in [6.07, 6.45) is 1.32. The molecular formula is C14H16N2O2. The average Bonchev–Trinajstić information content (AvgIpc) is 2.87. The fourth-order valence-electron chi connectivity index (χ4n) is 2.93. The number of carbonyl (C=O) groups excluding carboxylic acids is 2. The Balaban J connectivity index is 1.83. The second kappa shape index (κ2) is 4.12. The molecule has 2 aliphatic rings. The maximum Gasteiger partial charge on any atom is 0.254 e. The zero-order valence-corrected chi connectivity index (χ0v) is 10.3. The van der Waals surface area contributed by atoms with Gasteiger partial charge in [0.05, 0.1) is 12.1 Å². The van der Waals surface area contributed by atoms with E-state index in [1.807, 2.05) is 36.1 Å². The Bertz CT molecular complexity index is 512. The largest absolute Gasteiger partial charge is 0.351 e. The van der Waals surface area contributed by atoms with Crippen molar-refractivity contribution in [3.63, 3.8) is 0 Å². The van der Waals surface area contributed by atoms with Crippen molar-refractivity contribution in [2.24, 2.45) is 0 Å². The monoisotopic (exact) mass is 244 g/mol. The Morgan fingerprint density at radius 3 is 3.06 bits per heavy atom. The van der Waals surface area contributed by atoms with Gasteiger partial charge in [0.25, 0.3) is 5.91 Å². The van der Waals surface area contributed by atoms with E-state index in [1.54, 1.807) is 0 Å². The molecule has 2 heterocycles. The summed E-state index contributed by atoms with van der Waals surface area (Å²) >= 11 is 0. The topological polar surface area (TPSA) is 49.4 Å². The molecule has 1 aromatic carbocycles. The average molecular weight is 244 g/mol. The van der Waals surface area contributed by atoms with Crippen LogP contribution in [0.4, 0.5) is 0 Å². The number of amides is 2. The number of benzene rings is 1. The molecule has 2 saturated heterocycles. The zero-order valence-electron chi connectivity index (χ0n) is 10.3. The molecule has 0 aromatic heterocycles. The van der Waals surface area contributed by atoms with Gasteiger partial charge in [-0.1, -0.05) is 17.7 Å². The number of hydrogen-bond acceptors (Lipinski definition) is 2. The van der Waals surface area contributed by atoms with E-state index in [4.69, 9.17) is 0 Å². The van der Waals surface area contributed by atoms with E-state index in [-0.39, 0.29) is 23.9 Å². The van der Waals surface area contributed by atoms with Gasteiger partial charge in [0.15, 0.2) is 0 Å². The maximum absolute atomic E-state index is 12.4. The smallest absolute Gasteiger partial charge is 0.254 e. The third-order valence-electron chi connectivity index (χ3n) is 3.81. The first kappa shape index (κ1) is 11.3. The number of rotatable bonds is 1. The second-order valence-corrected chi connectivity index (χ2v) is 5.10. The van der Waals surface area contributed by atoms with Crippen molar-refractivity contribution >= 4 is 11.8 Å². The quantitative estimate of drug-likeness (QED) is 0.804. The summed E-state index contributed by atoms with van der Waals surface area (Å²) < 4.78 is 0. The molecule has 1 aromatic rings. The zero-order chi connectivity index (χ0) is 12.7. The third-order valence-corrected chi connectivity index (χ3v) is 3.81. The van der Waals surface area contributed by atoms with E-state index in [0.29, 0.717) is 6.42 Å². The van der Waals surface area contributed by atoms with Crippen LogP contribution in [0.15, 0.2) is 24.3 Å². The van der Waals surface area contributed by atoms with Crippen molar-refractivity contribution in [2.45, 2.75) is 31.8 Å². The summed E-state index contributed by atoms with van der Waals surface area (Å²) in [7, 11) is 0. The predicted molar refractivity (Wildman–Crippen MR) is 67.2 cm³/mol. The van der Waals surface area contributed by atoms with Gasteiger partial charge in [-0.25, -0.2) is 0 Å². The van der Waals surface area contributed by atoms with Gasteiger partial charge >= 0.3 is 0 Å². The molecule has 94 valence electrons. The number of carbonyl (C=O) groups is 2. The van der Waals surface area contributed by atoms with Gasteiger partial charge in [0, 0.05) is 18.5 Å². The van der Waals surface area contributed by atoms with Gasteiger partial charge in [-0.2, -0.15) is 0 Å². The van der Waals surface area contributed by atoms with Gasteiger partial charge in [-0.05, 0) is 25.5 Å². The summed E-state index contributed by atoms with van der Waals surface area (Å²) in [6, 6.07) is 7.82. The van der Waals surface area contributed by atoms with E-state index >= 15 is 0 Å². The predicted octanol–water partition coefficient (Wildman–Crippen LogP) is 1.10. The highest BCUT2D eigenvalue weighted by atomic mass is 16.2. The van der Waals surface area contributed by atoms with Crippen molar-refractivity contribution in [3.8, 4) is 0 Å². The van der Waals surface area contributed by atoms with Crippen molar-refractivity contribution in [2.75, 3.05) is 6.54 Å². The second-order valence-electron chi connectivity index (χ2n) is 5.10. The first-order valence-corrected chi connectivity index (χ1v) is 6.32. The van der Waals surface area contributed by atoms with E-state index < -0.39 is 0 Å². The van der Waals surface area contributed by atoms with Crippen LogP contribution < -0.4 is 5.32 Å². The van der Waals surface area contributed by atoms with Crippen LogP contribution in [0, 0.1) is 6.92 Å². The standard InChI is InChI=1S/C14H16N2O2/c1-9-3-2-4-10(7-9)14(18)16-6-5-11-12(16)8-13(17)15-11/h2-4,7,11-12H,5-6,8H2,1H3,(H,15,17)/t11-,12+/m1/s1. The molecule has 0 bridgehead atoms. The van der Waals surface area contributed by atoms with Gasteiger partial charge in [0.2, 0.25) is 5.91 Å². The Morgan fingerprint density at radius 1 is 1.44 bits per heavy atom. The Kier molecular flexibility index (Phi) is 2.58. The van der Waals surface area contributed by atoms with Crippen LogP contribution in [-0.4, -0.2) is 35.3 Å². The van der Waals surface area contributed by atoms with Gasteiger partial charge < -0.3 is 10.2 Å². The summed E-state index contributed by atoms with van der Waals surface area (Å²) in [5.74, 6) is 0.106. The normalized spacial score (nSPS) is 26.1. The van der Waals surface area contributed by atoms with E-state index in [1.165, 1.54) is 0 Å². The lowest BCUT2D eigenvalue weighted by molar-refractivity contribution is -0.119. The number of nitrogens with one attached hydrogen (secondary N) is 1. The van der Waals surface area contributed by atoms with Gasteiger partial charge in [-0.3, -0.25) is 9.59 Å². The van der Waals surface area contributed by atoms with Crippen LogP contribution in [0.5, 0.6) is 0 Å². The summed E-state index contributed by atoms with van der Waals surface area (Å²) in [5.41, 5.74) is 1.80. The third kappa shape index (κ3) is 1.78. The highest BCUT2D eigenvalue weighted by Crippen LogP contribution is 2.27. The van der Waals surface area contributed by atoms with Crippen LogP contribution in [0.1, 0.15) is 28.8 Å². The number of aryl methyl sites for hydroxylation is 1. The van der Waals surface area contributed by atoms with E-state index in [0.717, 1.165) is 24.1 Å². The van der Waals surface area contributed by atoms with Crippen molar-refractivity contribution in [3.05, 3.63) is 35.4 Å². The highest BCUT2D eigenvalue weighted by Gasteiger charge is 2.43. The van der Waals surface area contributed by atoms with Crippen LogP contribution >= 0.6 is 0 Å². The number of nitrogens with zero attached hydrogens (tertiary/aromatic N) is 1. The van der Waals surface area contributed by atoms with Crippen LogP contribution in [0.25, 0.3) is 0 Å². The Hall–Kier alpha value is -1.84. The minimum Gasteiger partial charge on any atom is -0.351 e. The van der Waals surface area contributed by atoms with Crippen molar-refractivity contribution < 1.29 is 9.59 Å². The molecule has 3 rings (SSSR count). The number of likely N-dealkylation sites (tertiary alicyclic amines) is 1. The van der Waals surface area contributed by atoms with Crippen molar-refractivity contribution in [1.82, 2.24) is 10.2 Å². The maximum atomic E-state index is 12.4. The molecule has 4 nitrogen and oxygen atoms in total. The first-order chi connectivity index (χ1) is 8.65. The summed E-state index contributed by atoms with van der Waals surface area (Å²) in [5, 5.41) is 2.93. The highest BCUT2D eigenvalue weighted by molar-refractivity contribution is 5.95. The fourth-order valence-corrected chi connectivity index (χ4v) is 2.93. The fraction of sp³-hybridized carbons (Fsp3) is 0.429. The van der Waals surface area contributed by atoms with E-state index in [2.05, 4.69) is 5.32 Å². The Labute approximate surface area is 106 Å². The van der Waals surface area contributed by atoms with Crippen LogP contribution in [0.3, 0.4) is 0 Å². The minimum atomic E-state index is 0.0442. The summed E-state index contributed by atoms with van der Waals surface area (Å²) in [4.78, 5) is 25.6. The number of hydrogen-bond donors (Lipinski definition) is 1. The van der Waals surface area contributed by atoms with Crippen molar-refractivity contribution in [1.29, 1.82) is 0 Å². The molecule has 18 heavy (non-hydrogen) atoms. The molecule has 0 aliphatic carbocycles. The Morgan fingerprint density at radius 2 is 2.28 bits per heavy atom. The number of fused-ring (bicyclic) bond motifs is 1. The van der Waals surface area contributed by atoms with Gasteiger partial charge in [0.1, 0.15) is 0 Å². The van der Waals surface area contributed by atoms with Gasteiger partial charge in [-0.15, -0.1) is 0 Å². The molecule has 0 radical (unpaired) electrons. The van der Waals surface area contributed by atoms with E-state index in [9.17, 15) is 9.59 Å². The molecule has 4 heteroatoms. The minimum absolute atomic E-state index is 0.0442. The first-order valence-electron chi connectivity index (χ1n) is 6.32. The summed E-state index contributed by atoms with van der Waals surface area (Å²) in [6.45, 7) is 2.71. The molecule has 2 atom stereocenters. The lowest BCUT2D eigenvalue weighted by Gasteiger charge is -2.22. The molecule has 0 spiro atoms. The lowest BCUT2D eigenvalue weighted by Crippen LogP contribution is -2.38. The van der Waals surface area contributed by atoms with Crippen LogP contribution in [-0.2, 0) is 4.79 Å². The van der Waals surface area contributed by atoms with Crippen LogP contribution in [0.2, 0.25) is 0 Å². The SMILES string of the molecule is Cc1cccc(C(=O)N2CC[C@H]3NC(=O)C[C@@H]32)c1. The molecule has 0 unspecified atom stereocenters. The molecule has 0 saturated carbocycles. The molecule has 2 amide bonds. The molecule has 2 aliphatic heterocycles. The molecule has 1 N–H and O–H groups in total.